The number of H-pyrrole nitrogens is 1. The van der Waals surface area contributed by atoms with Crippen LogP contribution in [0.4, 0.5) is 0 Å². The molecule has 0 aliphatic heterocycles. The van der Waals surface area contributed by atoms with Gasteiger partial charge in [-0.2, -0.15) is 4.98 Å². The average Bonchev–Trinajstić information content (AvgIpc) is 3.28. The Morgan fingerprint density at radius 2 is 1.89 bits per heavy atom. The van der Waals surface area contributed by atoms with Crippen LogP contribution >= 0.6 is 0 Å². The van der Waals surface area contributed by atoms with Gasteiger partial charge in [-0.05, 0) is 42.3 Å². The number of aromatic amines is 1. The molecule has 0 bridgehead atoms. The van der Waals surface area contributed by atoms with Crippen LogP contribution in [0.2, 0.25) is 0 Å². The van der Waals surface area contributed by atoms with Crippen LogP contribution in [0.3, 0.4) is 0 Å². The van der Waals surface area contributed by atoms with Crippen molar-refractivity contribution in [3.05, 3.63) is 77.6 Å². The summed E-state index contributed by atoms with van der Waals surface area (Å²) in [4.78, 5) is 34.9. The molecular weight excluding hydrogens is 446 g/mol. The molecule has 0 fully saturated rings. The molecule has 0 saturated heterocycles. The van der Waals surface area contributed by atoms with Crippen molar-refractivity contribution >= 4 is 28.6 Å². The fourth-order valence-electron chi connectivity index (χ4n) is 3.57. The van der Waals surface area contributed by atoms with Crippen molar-refractivity contribution in [2.75, 3.05) is 13.2 Å². The van der Waals surface area contributed by atoms with E-state index >= 15 is 0 Å². The molecule has 10 nitrogen and oxygen atoms in total. The van der Waals surface area contributed by atoms with Crippen LogP contribution in [0, 0.1) is 5.41 Å². The summed E-state index contributed by atoms with van der Waals surface area (Å²) in [5.74, 6) is -0.625. The minimum absolute atomic E-state index is 0.0129. The van der Waals surface area contributed by atoms with Crippen molar-refractivity contribution in [2.45, 2.75) is 12.8 Å². The number of fused-ring (bicyclic) bond motifs is 1. The van der Waals surface area contributed by atoms with E-state index in [2.05, 4.69) is 20.3 Å². The van der Waals surface area contributed by atoms with E-state index in [0.717, 1.165) is 22.0 Å². The first-order valence-corrected chi connectivity index (χ1v) is 11.0. The molecule has 2 amide bonds. The number of hydrogen-bond donors (Lipinski definition) is 5. The second-order valence-corrected chi connectivity index (χ2v) is 7.87. The lowest BCUT2D eigenvalue weighted by molar-refractivity contribution is -0.118. The monoisotopic (exact) mass is 471 g/mol. The largest absolute Gasteiger partial charge is 0.463 e. The summed E-state index contributed by atoms with van der Waals surface area (Å²) >= 11 is 0. The van der Waals surface area contributed by atoms with Crippen LogP contribution in [-0.2, 0) is 11.2 Å². The van der Waals surface area contributed by atoms with Crippen LogP contribution in [-0.4, -0.2) is 45.8 Å². The predicted octanol–water partition coefficient (Wildman–Crippen LogP) is 2.14. The van der Waals surface area contributed by atoms with E-state index in [9.17, 15) is 9.59 Å². The third-order valence-electron chi connectivity index (χ3n) is 5.39. The second-order valence-electron chi connectivity index (χ2n) is 7.87. The lowest BCUT2D eigenvalue weighted by atomic mass is 10.1. The number of aromatic nitrogens is 3. The lowest BCUT2D eigenvalue weighted by Gasteiger charge is -2.08. The normalized spacial score (nSPS) is 10.7. The topological polar surface area (TPSA) is 173 Å². The van der Waals surface area contributed by atoms with Gasteiger partial charge >= 0.3 is 6.01 Å². The van der Waals surface area contributed by atoms with E-state index in [1.165, 1.54) is 0 Å². The van der Waals surface area contributed by atoms with Gasteiger partial charge in [-0.3, -0.25) is 15.0 Å². The van der Waals surface area contributed by atoms with Crippen LogP contribution < -0.4 is 21.5 Å². The van der Waals surface area contributed by atoms with Crippen molar-refractivity contribution in [3.8, 4) is 17.3 Å². The van der Waals surface area contributed by atoms with Gasteiger partial charge in [0.1, 0.15) is 12.4 Å². The smallest absolute Gasteiger partial charge is 0.316 e. The molecule has 35 heavy (non-hydrogen) atoms. The number of rotatable bonds is 10. The van der Waals surface area contributed by atoms with Crippen molar-refractivity contribution in [1.29, 1.82) is 5.41 Å². The maximum absolute atomic E-state index is 12.6. The Morgan fingerprint density at radius 3 is 2.63 bits per heavy atom. The number of nitrogen functional groups attached to an aromatic ring is 1. The van der Waals surface area contributed by atoms with E-state index in [4.69, 9.17) is 21.6 Å². The zero-order valence-corrected chi connectivity index (χ0v) is 18.9. The predicted molar refractivity (Wildman–Crippen MR) is 132 cm³/mol. The molecule has 4 rings (SSSR count). The van der Waals surface area contributed by atoms with E-state index in [-0.39, 0.29) is 30.8 Å². The van der Waals surface area contributed by atoms with Crippen molar-refractivity contribution in [3.63, 3.8) is 0 Å². The zero-order valence-electron chi connectivity index (χ0n) is 18.9. The second kappa shape index (κ2) is 10.5. The maximum Gasteiger partial charge on any atom is 0.316 e. The van der Waals surface area contributed by atoms with Gasteiger partial charge in [0.15, 0.2) is 0 Å². The Labute approximate surface area is 201 Å². The quantitative estimate of drug-likeness (QED) is 0.175. The Kier molecular flexibility index (Phi) is 7.01. The molecule has 0 aliphatic rings. The van der Waals surface area contributed by atoms with Crippen LogP contribution in [0.15, 0.2) is 60.9 Å². The molecule has 2 aromatic heterocycles. The van der Waals surface area contributed by atoms with E-state index in [1.54, 1.807) is 42.7 Å². The van der Waals surface area contributed by atoms with Gasteiger partial charge in [0.25, 0.3) is 5.91 Å². The molecule has 10 heteroatoms. The zero-order chi connectivity index (χ0) is 24.8. The third-order valence-corrected chi connectivity index (χ3v) is 5.39. The Morgan fingerprint density at radius 1 is 1.09 bits per heavy atom. The minimum atomic E-state index is -0.459. The molecule has 0 aliphatic carbocycles. The van der Waals surface area contributed by atoms with E-state index < -0.39 is 5.91 Å². The summed E-state index contributed by atoms with van der Waals surface area (Å²) in [6.45, 7) is 0.568. The highest BCUT2D eigenvalue weighted by molar-refractivity contribution is 6.07. The molecular formula is C25H25N7O3. The van der Waals surface area contributed by atoms with Crippen LogP contribution in [0.1, 0.15) is 27.9 Å². The fraction of sp³-hybridized carbons (Fsp3) is 0.160. The SMILES string of the molecule is N=C(N)c1c[nH]c2ccc(CCNC(=O)c3ccc(-c4ccnc(OCCC(N)=O)n4)cc3)cc12. The number of carbonyl (C=O) groups is 2. The van der Waals surface area contributed by atoms with Gasteiger partial charge < -0.3 is 26.5 Å². The van der Waals surface area contributed by atoms with E-state index in [1.807, 2.05) is 18.2 Å². The number of carbonyl (C=O) groups excluding carboxylic acids is 2. The van der Waals surface area contributed by atoms with Crippen LogP contribution in [0.25, 0.3) is 22.2 Å². The molecule has 178 valence electrons. The van der Waals surface area contributed by atoms with Crippen molar-refractivity contribution in [1.82, 2.24) is 20.3 Å². The van der Waals surface area contributed by atoms with Crippen molar-refractivity contribution in [2.24, 2.45) is 11.5 Å². The first-order chi connectivity index (χ1) is 16.9. The van der Waals surface area contributed by atoms with Gasteiger partial charge in [-0.1, -0.05) is 18.2 Å². The Balaban J connectivity index is 1.34. The summed E-state index contributed by atoms with van der Waals surface area (Å²) in [6, 6.07) is 14.8. The fourth-order valence-corrected chi connectivity index (χ4v) is 3.57. The maximum atomic E-state index is 12.6. The Hall–Kier alpha value is -4.73. The molecule has 0 radical (unpaired) electrons. The molecule has 2 aromatic carbocycles. The number of nitrogens with one attached hydrogen (secondary N) is 3. The molecule has 0 saturated carbocycles. The Bertz CT molecular complexity index is 1380. The number of nitrogens with zero attached hydrogens (tertiary/aromatic N) is 2. The van der Waals surface area contributed by atoms with Gasteiger partial charge in [-0.25, -0.2) is 4.98 Å². The van der Waals surface area contributed by atoms with Crippen LogP contribution in [0.5, 0.6) is 6.01 Å². The molecule has 0 unspecified atom stereocenters. The molecule has 0 spiro atoms. The number of benzene rings is 2. The molecule has 4 aromatic rings. The number of primary amides is 1. The highest BCUT2D eigenvalue weighted by atomic mass is 16.5. The highest BCUT2D eigenvalue weighted by Gasteiger charge is 2.10. The van der Waals surface area contributed by atoms with Gasteiger partial charge in [0.05, 0.1) is 12.1 Å². The standard InChI is InChI=1S/C25H25N7O3/c26-22(33)9-12-35-25-30-11-8-20(32-25)16-2-4-17(5-3-16)24(34)29-10-7-15-1-6-21-18(13-15)19(14-31-21)23(27)28/h1-6,8,11,13-14,31H,7,9-10,12H2,(H2,26,33)(H3,27,28)(H,29,34). The summed E-state index contributed by atoms with van der Waals surface area (Å²) in [5.41, 5.74) is 15.3. The summed E-state index contributed by atoms with van der Waals surface area (Å²) in [6.07, 6.45) is 4.01. The minimum Gasteiger partial charge on any atom is -0.463 e. The molecule has 0 atom stereocenters. The number of amidine groups is 1. The highest BCUT2D eigenvalue weighted by Crippen LogP contribution is 2.21. The number of amides is 2. The van der Waals surface area contributed by atoms with Gasteiger partial charge in [-0.15, -0.1) is 0 Å². The van der Waals surface area contributed by atoms with E-state index in [0.29, 0.717) is 29.8 Å². The van der Waals surface area contributed by atoms with Gasteiger partial charge in [0, 0.05) is 46.5 Å². The lowest BCUT2D eigenvalue weighted by Crippen LogP contribution is -2.25. The summed E-state index contributed by atoms with van der Waals surface area (Å²) in [7, 11) is 0. The first kappa shape index (κ1) is 23.4. The summed E-state index contributed by atoms with van der Waals surface area (Å²) in [5, 5.41) is 11.5. The number of ether oxygens (including phenoxy) is 1. The average molecular weight is 472 g/mol. The summed E-state index contributed by atoms with van der Waals surface area (Å²) < 4.78 is 5.35. The first-order valence-electron chi connectivity index (χ1n) is 11.0. The number of nitrogens with two attached hydrogens (primary N) is 2. The van der Waals surface area contributed by atoms with Crippen molar-refractivity contribution < 1.29 is 14.3 Å². The third kappa shape index (κ3) is 5.80. The molecule has 2 heterocycles. The van der Waals surface area contributed by atoms with Gasteiger partial charge in [0.2, 0.25) is 5.91 Å². The molecule has 7 N–H and O–H groups in total. The number of hydrogen-bond acceptors (Lipinski definition) is 6.